The molecule has 0 saturated heterocycles. The van der Waals surface area contributed by atoms with Crippen molar-refractivity contribution >= 4 is 5.91 Å². The van der Waals surface area contributed by atoms with Crippen LogP contribution in [0.5, 0.6) is 5.75 Å². The zero-order valence-electron chi connectivity index (χ0n) is 10.9. The highest BCUT2D eigenvalue weighted by Gasteiger charge is 2.28. The van der Waals surface area contributed by atoms with Gasteiger partial charge in [-0.15, -0.1) is 0 Å². The van der Waals surface area contributed by atoms with Crippen LogP contribution in [0.1, 0.15) is 31.4 Å². The number of nitrogens with one attached hydrogen (secondary N) is 2. The van der Waals surface area contributed by atoms with Gasteiger partial charge in [0.1, 0.15) is 11.6 Å². The van der Waals surface area contributed by atoms with E-state index in [0.717, 1.165) is 18.9 Å². The third-order valence-corrected chi connectivity index (χ3v) is 3.27. The SMILES string of the molecule is CC(NCCNC(=O)C1CC1)c1ccc(O)cc1F. The van der Waals surface area contributed by atoms with Crippen molar-refractivity contribution in [3.63, 3.8) is 0 Å². The molecule has 1 atom stereocenters. The molecule has 2 rings (SSSR count). The van der Waals surface area contributed by atoms with Crippen LogP contribution >= 0.6 is 0 Å². The number of aromatic hydroxyl groups is 1. The molecule has 4 nitrogen and oxygen atoms in total. The predicted molar refractivity (Wildman–Crippen MR) is 70.2 cm³/mol. The molecule has 0 bridgehead atoms. The Labute approximate surface area is 112 Å². The van der Waals surface area contributed by atoms with Gasteiger partial charge in [-0.25, -0.2) is 4.39 Å². The van der Waals surface area contributed by atoms with Crippen LogP contribution in [0, 0.1) is 11.7 Å². The Balaban J connectivity index is 1.74. The van der Waals surface area contributed by atoms with E-state index in [1.165, 1.54) is 6.07 Å². The fraction of sp³-hybridized carbons (Fsp3) is 0.500. The van der Waals surface area contributed by atoms with Crippen molar-refractivity contribution < 1.29 is 14.3 Å². The molecule has 0 radical (unpaired) electrons. The van der Waals surface area contributed by atoms with Crippen LogP contribution in [0.2, 0.25) is 0 Å². The number of hydrogen-bond acceptors (Lipinski definition) is 3. The van der Waals surface area contributed by atoms with Crippen molar-refractivity contribution in [1.82, 2.24) is 10.6 Å². The van der Waals surface area contributed by atoms with Gasteiger partial charge in [0, 0.05) is 36.7 Å². The largest absolute Gasteiger partial charge is 0.508 e. The van der Waals surface area contributed by atoms with Gasteiger partial charge in [0.15, 0.2) is 0 Å². The normalized spacial score (nSPS) is 16.1. The van der Waals surface area contributed by atoms with Gasteiger partial charge in [-0.3, -0.25) is 4.79 Å². The van der Waals surface area contributed by atoms with E-state index in [1.54, 1.807) is 6.07 Å². The van der Waals surface area contributed by atoms with Crippen LogP contribution in [-0.4, -0.2) is 24.1 Å². The van der Waals surface area contributed by atoms with Crippen molar-refractivity contribution in [2.45, 2.75) is 25.8 Å². The number of halogens is 1. The molecule has 1 aliphatic rings. The molecule has 0 aliphatic heterocycles. The number of phenolic OH excluding ortho intramolecular Hbond substituents is 1. The number of benzene rings is 1. The summed E-state index contributed by atoms with van der Waals surface area (Å²) < 4.78 is 13.6. The summed E-state index contributed by atoms with van der Waals surface area (Å²) in [5, 5.41) is 15.1. The van der Waals surface area contributed by atoms with Crippen molar-refractivity contribution in [2.24, 2.45) is 5.92 Å². The molecule has 1 amide bonds. The summed E-state index contributed by atoms with van der Waals surface area (Å²) in [7, 11) is 0. The molecule has 5 heteroatoms. The first-order chi connectivity index (χ1) is 9.08. The molecule has 1 saturated carbocycles. The van der Waals surface area contributed by atoms with E-state index in [4.69, 9.17) is 5.11 Å². The lowest BCUT2D eigenvalue weighted by Crippen LogP contribution is -2.33. The maximum absolute atomic E-state index is 13.6. The Hall–Kier alpha value is -1.62. The van der Waals surface area contributed by atoms with Crippen LogP contribution in [-0.2, 0) is 4.79 Å². The molecular formula is C14H19FN2O2. The Bertz CT molecular complexity index is 461. The summed E-state index contributed by atoms with van der Waals surface area (Å²) in [6, 6.07) is 3.96. The summed E-state index contributed by atoms with van der Waals surface area (Å²) in [6.07, 6.45) is 1.99. The van der Waals surface area contributed by atoms with Crippen LogP contribution in [0.15, 0.2) is 18.2 Å². The van der Waals surface area contributed by atoms with E-state index in [1.807, 2.05) is 6.92 Å². The minimum atomic E-state index is -0.429. The van der Waals surface area contributed by atoms with E-state index in [9.17, 15) is 9.18 Å². The summed E-state index contributed by atoms with van der Waals surface area (Å²) in [5.41, 5.74) is 0.506. The molecule has 0 heterocycles. The standard InChI is InChI=1S/C14H19FN2O2/c1-9(12-5-4-11(18)8-13(12)15)16-6-7-17-14(19)10-2-3-10/h4-5,8-10,16,18H,2-3,6-7H2,1H3,(H,17,19). The fourth-order valence-electron chi connectivity index (χ4n) is 1.94. The number of phenols is 1. The lowest BCUT2D eigenvalue weighted by Gasteiger charge is -2.15. The minimum Gasteiger partial charge on any atom is -0.508 e. The predicted octanol–water partition coefficient (Wildman–Crippen LogP) is 1.71. The van der Waals surface area contributed by atoms with Gasteiger partial charge in [0.05, 0.1) is 0 Å². The Morgan fingerprint density at radius 2 is 2.21 bits per heavy atom. The summed E-state index contributed by atoms with van der Waals surface area (Å²) >= 11 is 0. The molecule has 104 valence electrons. The molecule has 1 aromatic carbocycles. The van der Waals surface area contributed by atoms with Gasteiger partial charge >= 0.3 is 0 Å². The maximum Gasteiger partial charge on any atom is 0.223 e. The molecule has 1 aliphatic carbocycles. The number of amides is 1. The number of rotatable bonds is 6. The zero-order valence-corrected chi connectivity index (χ0v) is 10.9. The molecule has 1 fully saturated rings. The average molecular weight is 266 g/mol. The second-order valence-corrected chi connectivity index (χ2v) is 4.95. The van der Waals surface area contributed by atoms with Crippen LogP contribution in [0.25, 0.3) is 0 Å². The van der Waals surface area contributed by atoms with Crippen molar-refractivity contribution in [1.29, 1.82) is 0 Å². The Kier molecular flexibility index (Phi) is 4.37. The summed E-state index contributed by atoms with van der Waals surface area (Å²) in [5.74, 6) is -0.176. The second kappa shape index (κ2) is 6.02. The van der Waals surface area contributed by atoms with E-state index in [-0.39, 0.29) is 23.6 Å². The Morgan fingerprint density at radius 3 is 2.84 bits per heavy atom. The smallest absolute Gasteiger partial charge is 0.223 e. The highest BCUT2D eigenvalue weighted by molar-refractivity contribution is 5.80. The first-order valence-electron chi connectivity index (χ1n) is 6.57. The third-order valence-electron chi connectivity index (χ3n) is 3.27. The van der Waals surface area contributed by atoms with E-state index in [0.29, 0.717) is 18.7 Å². The van der Waals surface area contributed by atoms with Crippen molar-refractivity contribution in [3.8, 4) is 5.75 Å². The highest BCUT2D eigenvalue weighted by atomic mass is 19.1. The second-order valence-electron chi connectivity index (χ2n) is 4.95. The molecule has 19 heavy (non-hydrogen) atoms. The van der Waals surface area contributed by atoms with E-state index >= 15 is 0 Å². The molecule has 3 N–H and O–H groups in total. The third kappa shape index (κ3) is 3.92. The van der Waals surface area contributed by atoms with Gasteiger partial charge in [-0.2, -0.15) is 0 Å². The maximum atomic E-state index is 13.6. The van der Waals surface area contributed by atoms with Gasteiger partial charge in [-0.05, 0) is 25.8 Å². The zero-order chi connectivity index (χ0) is 13.8. The van der Waals surface area contributed by atoms with Crippen molar-refractivity contribution in [3.05, 3.63) is 29.6 Å². The molecule has 0 spiro atoms. The molecular weight excluding hydrogens is 247 g/mol. The number of carbonyl (C=O) groups excluding carboxylic acids is 1. The lowest BCUT2D eigenvalue weighted by molar-refractivity contribution is -0.122. The quantitative estimate of drug-likeness (QED) is 0.687. The average Bonchev–Trinajstić information content (AvgIpc) is 3.18. The topological polar surface area (TPSA) is 61.4 Å². The van der Waals surface area contributed by atoms with Gasteiger partial charge < -0.3 is 15.7 Å². The van der Waals surface area contributed by atoms with Gasteiger partial charge in [0.2, 0.25) is 5.91 Å². The van der Waals surface area contributed by atoms with Crippen LogP contribution in [0.4, 0.5) is 4.39 Å². The molecule has 1 aromatic rings. The van der Waals surface area contributed by atoms with Crippen molar-refractivity contribution in [2.75, 3.05) is 13.1 Å². The Morgan fingerprint density at radius 1 is 1.47 bits per heavy atom. The molecule has 0 aromatic heterocycles. The first-order valence-corrected chi connectivity index (χ1v) is 6.57. The number of hydrogen-bond donors (Lipinski definition) is 3. The molecule has 1 unspecified atom stereocenters. The highest BCUT2D eigenvalue weighted by Crippen LogP contribution is 2.28. The summed E-state index contributed by atoms with van der Waals surface area (Å²) in [4.78, 5) is 11.4. The van der Waals surface area contributed by atoms with Crippen LogP contribution in [0.3, 0.4) is 0 Å². The van der Waals surface area contributed by atoms with Gasteiger partial charge in [-0.1, -0.05) is 6.07 Å². The number of carbonyl (C=O) groups is 1. The lowest BCUT2D eigenvalue weighted by atomic mass is 10.1. The van der Waals surface area contributed by atoms with E-state index in [2.05, 4.69) is 10.6 Å². The fourth-order valence-corrected chi connectivity index (χ4v) is 1.94. The summed E-state index contributed by atoms with van der Waals surface area (Å²) in [6.45, 7) is 2.97. The van der Waals surface area contributed by atoms with Crippen LogP contribution < -0.4 is 10.6 Å². The van der Waals surface area contributed by atoms with Gasteiger partial charge in [0.25, 0.3) is 0 Å². The monoisotopic (exact) mass is 266 g/mol. The minimum absolute atomic E-state index is 0.0786. The first kappa shape index (κ1) is 13.8. The van der Waals surface area contributed by atoms with E-state index < -0.39 is 5.82 Å².